The Bertz CT molecular complexity index is 683. The Hall–Kier alpha value is -1.09. The van der Waals surface area contributed by atoms with Crippen LogP contribution in [0.15, 0.2) is 24.3 Å². The average molecular weight is 417 g/mol. The zero-order valence-corrected chi connectivity index (χ0v) is 17.6. The maximum absolute atomic E-state index is 4.93. The molecule has 0 aliphatic heterocycles. The van der Waals surface area contributed by atoms with Crippen LogP contribution in [-0.4, -0.2) is 16.9 Å². The molecule has 0 bridgehead atoms. The van der Waals surface area contributed by atoms with E-state index in [-0.39, 0.29) is 0 Å². The minimum Gasteiger partial charge on any atom is -0.384 e. The van der Waals surface area contributed by atoms with Crippen LogP contribution < -0.4 is 5.32 Å². The molecule has 142 valence electrons. The first-order valence-corrected chi connectivity index (χ1v) is 11.7. The van der Waals surface area contributed by atoms with Gasteiger partial charge in [0.1, 0.15) is 0 Å². The second kappa shape index (κ2) is 10.9. The number of pyridine rings is 1. The molecule has 3 heteroatoms. The average Bonchev–Trinajstić information content (AvgIpc) is 2.68. The van der Waals surface area contributed by atoms with Gasteiger partial charge in [-0.25, -0.2) is 0 Å². The van der Waals surface area contributed by atoms with E-state index in [0.29, 0.717) is 0 Å². The summed E-state index contributed by atoms with van der Waals surface area (Å²) in [6.07, 6.45) is 15.8. The third-order valence-corrected chi connectivity index (χ3v) is 6.09. The van der Waals surface area contributed by atoms with E-state index >= 15 is 0 Å². The van der Waals surface area contributed by atoms with Gasteiger partial charge in [0.25, 0.3) is 0 Å². The second-order valence-corrected chi connectivity index (χ2v) is 8.37. The third-order valence-electron chi connectivity index (χ3n) is 5.53. The van der Waals surface area contributed by atoms with E-state index in [4.69, 9.17) is 4.98 Å². The summed E-state index contributed by atoms with van der Waals surface area (Å²) >= 11 is 3.51. The minimum absolute atomic E-state index is 1.09. The fourth-order valence-electron chi connectivity index (χ4n) is 4.07. The standard InChI is InChI=1S/C23H33BrN2/c24-17-11-5-3-1-2-4-6-12-18-25-23-19-13-7-9-15-21(19)26-22-16-10-8-14-20(22)23/h7,9,13,15H,1-6,8,10-12,14,16-18H2,(H,25,26). The van der Waals surface area contributed by atoms with Crippen molar-refractivity contribution in [2.45, 2.75) is 77.0 Å². The van der Waals surface area contributed by atoms with Crippen molar-refractivity contribution in [1.29, 1.82) is 0 Å². The molecule has 1 aliphatic carbocycles. The van der Waals surface area contributed by atoms with Gasteiger partial charge in [0.2, 0.25) is 0 Å². The van der Waals surface area contributed by atoms with Gasteiger partial charge < -0.3 is 5.32 Å². The van der Waals surface area contributed by atoms with Gasteiger partial charge in [-0.1, -0.05) is 72.7 Å². The summed E-state index contributed by atoms with van der Waals surface area (Å²) in [5.74, 6) is 0. The zero-order valence-electron chi connectivity index (χ0n) is 16.0. The molecule has 0 fully saturated rings. The van der Waals surface area contributed by atoms with E-state index in [9.17, 15) is 0 Å². The van der Waals surface area contributed by atoms with Gasteiger partial charge in [0.15, 0.2) is 0 Å². The molecule has 2 nitrogen and oxygen atoms in total. The lowest BCUT2D eigenvalue weighted by molar-refractivity contribution is 0.582. The Morgan fingerprint density at radius 1 is 0.846 bits per heavy atom. The number of anilines is 1. The monoisotopic (exact) mass is 416 g/mol. The summed E-state index contributed by atoms with van der Waals surface area (Å²) in [5.41, 5.74) is 5.35. The minimum atomic E-state index is 1.09. The number of alkyl halides is 1. The van der Waals surface area contributed by atoms with Gasteiger partial charge >= 0.3 is 0 Å². The highest BCUT2D eigenvalue weighted by molar-refractivity contribution is 9.09. The number of halogens is 1. The smallest absolute Gasteiger partial charge is 0.0726 e. The van der Waals surface area contributed by atoms with Crippen molar-refractivity contribution in [2.75, 3.05) is 17.2 Å². The van der Waals surface area contributed by atoms with Crippen LogP contribution in [0.4, 0.5) is 5.69 Å². The number of aromatic nitrogens is 1. The molecule has 0 unspecified atom stereocenters. The highest BCUT2D eigenvalue weighted by Crippen LogP contribution is 2.33. The molecule has 26 heavy (non-hydrogen) atoms. The molecule has 3 rings (SSSR count). The molecule has 0 saturated carbocycles. The molecule has 1 heterocycles. The summed E-state index contributed by atoms with van der Waals surface area (Å²) in [6, 6.07) is 8.63. The SMILES string of the molecule is BrCCCCCCCCCCNc1c2c(nc3ccccc13)CCCC2. The molecule has 0 spiro atoms. The van der Waals surface area contributed by atoms with Crippen LogP contribution in [0.25, 0.3) is 10.9 Å². The van der Waals surface area contributed by atoms with Crippen molar-refractivity contribution >= 4 is 32.5 Å². The lowest BCUT2D eigenvalue weighted by Gasteiger charge is -2.21. The van der Waals surface area contributed by atoms with E-state index in [1.807, 2.05) is 0 Å². The van der Waals surface area contributed by atoms with Crippen LogP contribution >= 0.6 is 15.9 Å². The quantitative estimate of drug-likeness (QED) is 0.313. The molecule has 2 aromatic rings. The van der Waals surface area contributed by atoms with Crippen LogP contribution in [0.3, 0.4) is 0 Å². The highest BCUT2D eigenvalue weighted by Gasteiger charge is 2.17. The summed E-state index contributed by atoms with van der Waals surface area (Å²) in [6.45, 7) is 1.09. The Labute approximate surface area is 167 Å². The molecular weight excluding hydrogens is 384 g/mol. The molecule has 0 atom stereocenters. The predicted octanol–water partition coefficient (Wildman–Crippen LogP) is 7.04. The first kappa shape index (κ1) is 19.7. The van der Waals surface area contributed by atoms with Crippen molar-refractivity contribution in [1.82, 2.24) is 4.98 Å². The second-order valence-electron chi connectivity index (χ2n) is 7.58. The van der Waals surface area contributed by atoms with E-state index in [1.54, 1.807) is 0 Å². The van der Waals surface area contributed by atoms with Gasteiger partial charge in [-0.05, 0) is 50.2 Å². The molecular formula is C23H33BrN2. The van der Waals surface area contributed by atoms with Crippen molar-refractivity contribution < 1.29 is 0 Å². The van der Waals surface area contributed by atoms with Crippen LogP contribution in [0.5, 0.6) is 0 Å². The first-order valence-electron chi connectivity index (χ1n) is 10.6. The number of rotatable bonds is 11. The fraction of sp³-hybridized carbons (Fsp3) is 0.609. The number of hydrogen-bond donors (Lipinski definition) is 1. The molecule has 0 amide bonds. The Balaban J connectivity index is 1.48. The van der Waals surface area contributed by atoms with Gasteiger partial charge in [-0.2, -0.15) is 0 Å². The van der Waals surface area contributed by atoms with Crippen molar-refractivity contribution in [2.24, 2.45) is 0 Å². The zero-order chi connectivity index (χ0) is 18.0. The first-order chi connectivity index (χ1) is 12.9. The Morgan fingerprint density at radius 2 is 1.54 bits per heavy atom. The summed E-state index contributed by atoms with van der Waals surface area (Å²) in [7, 11) is 0. The number of aryl methyl sites for hydroxylation is 1. The van der Waals surface area contributed by atoms with E-state index in [1.165, 1.54) is 93.0 Å². The number of nitrogens with one attached hydrogen (secondary N) is 1. The van der Waals surface area contributed by atoms with E-state index in [2.05, 4.69) is 45.5 Å². The lowest BCUT2D eigenvalue weighted by atomic mass is 9.92. The van der Waals surface area contributed by atoms with Crippen LogP contribution in [0.1, 0.15) is 75.5 Å². The molecule has 0 radical (unpaired) electrons. The summed E-state index contributed by atoms with van der Waals surface area (Å²) in [4.78, 5) is 4.93. The van der Waals surface area contributed by atoms with Crippen LogP contribution in [0.2, 0.25) is 0 Å². The van der Waals surface area contributed by atoms with Crippen LogP contribution in [-0.2, 0) is 12.8 Å². The molecule has 0 saturated heterocycles. The number of hydrogen-bond acceptors (Lipinski definition) is 2. The molecule has 1 aromatic carbocycles. The topological polar surface area (TPSA) is 24.9 Å². The van der Waals surface area contributed by atoms with Crippen molar-refractivity contribution in [3.8, 4) is 0 Å². The van der Waals surface area contributed by atoms with Gasteiger partial charge in [0, 0.05) is 28.6 Å². The predicted molar refractivity (Wildman–Crippen MR) is 118 cm³/mol. The summed E-state index contributed by atoms with van der Waals surface area (Å²) < 4.78 is 0. The van der Waals surface area contributed by atoms with Crippen molar-refractivity contribution in [3.63, 3.8) is 0 Å². The Kier molecular flexibility index (Phi) is 8.25. The highest BCUT2D eigenvalue weighted by atomic mass is 79.9. The normalized spacial score (nSPS) is 13.7. The van der Waals surface area contributed by atoms with Gasteiger partial charge in [0.05, 0.1) is 5.52 Å². The largest absolute Gasteiger partial charge is 0.384 e. The Morgan fingerprint density at radius 3 is 2.35 bits per heavy atom. The summed E-state index contributed by atoms with van der Waals surface area (Å²) in [5, 5.41) is 6.25. The number of para-hydroxylation sites is 1. The fourth-order valence-corrected chi connectivity index (χ4v) is 4.46. The third kappa shape index (κ3) is 5.45. The van der Waals surface area contributed by atoms with E-state index in [0.717, 1.165) is 23.8 Å². The van der Waals surface area contributed by atoms with Gasteiger partial charge in [-0.3, -0.25) is 4.98 Å². The maximum atomic E-state index is 4.93. The van der Waals surface area contributed by atoms with E-state index < -0.39 is 0 Å². The van der Waals surface area contributed by atoms with Gasteiger partial charge in [-0.15, -0.1) is 0 Å². The van der Waals surface area contributed by atoms with Crippen LogP contribution in [0, 0.1) is 0 Å². The molecule has 1 aliphatic rings. The molecule has 1 aromatic heterocycles. The lowest BCUT2D eigenvalue weighted by Crippen LogP contribution is -2.12. The maximum Gasteiger partial charge on any atom is 0.0726 e. The number of fused-ring (bicyclic) bond motifs is 2. The van der Waals surface area contributed by atoms with Crippen molar-refractivity contribution in [3.05, 3.63) is 35.5 Å². The number of unbranched alkanes of at least 4 members (excludes halogenated alkanes) is 7. The number of benzene rings is 1. The molecule has 1 N–H and O–H groups in total. The number of nitrogens with zero attached hydrogens (tertiary/aromatic N) is 1.